The highest BCUT2D eigenvalue weighted by molar-refractivity contribution is 7.98. The summed E-state index contributed by atoms with van der Waals surface area (Å²) in [6.07, 6.45) is 0. The third-order valence-electron chi connectivity index (χ3n) is 4.85. The first kappa shape index (κ1) is 19.3. The number of rotatable bonds is 6. The van der Waals surface area contributed by atoms with Gasteiger partial charge in [0.25, 0.3) is 5.56 Å². The lowest BCUT2D eigenvalue weighted by atomic mass is 10.2. The zero-order chi connectivity index (χ0) is 20.4. The summed E-state index contributed by atoms with van der Waals surface area (Å²) in [5.74, 6) is 2.21. The molecule has 0 aliphatic rings. The Balaban J connectivity index is 1.74. The van der Waals surface area contributed by atoms with Gasteiger partial charge in [0.2, 0.25) is 0 Å². The van der Waals surface area contributed by atoms with Crippen molar-refractivity contribution in [1.82, 2.24) is 14.7 Å². The van der Waals surface area contributed by atoms with Crippen molar-refractivity contribution in [3.05, 3.63) is 81.5 Å². The average Bonchev–Trinajstić information content (AvgIpc) is 3.07. The molecule has 0 amide bonds. The predicted molar refractivity (Wildman–Crippen MR) is 114 cm³/mol. The van der Waals surface area contributed by atoms with Gasteiger partial charge in [0.1, 0.15) is 11.5 Å². The van der Waals surface area contributed by atoms with Crippen molar-refractivity contribution < 1.29 is 9.26 Å². The van der Waals surface area contributed by atoms with E-state index in [-0.39, 0.29) is 5.56 Å². The van der Waals surface area contributed by atoms with E-state index in [2.05, 4.69) is 5.16 Å². The summed E-state index contributed by atoms with van der Waals surface area (Å²) >= 11 is 1.52. The van der Waals surface area contributed by atoms with Crippen LogP contribution >= 0.6 is 11.8 Å². The van der Waals surface area contributed by atoms with Crippen molar-refractivity contribution in [2.45, 2.75) is 31.3 Å². The van der Waals surface area contributed by atoms with Gasteiger partial charge in [-0.1, -0.05) is 41.2 Å². The number of benzene rings is 2. The van der Waals surface area contributed by atoms with Crippen molar-refractivity contribution in [3.63, 3.8) is 0 Å². The standard InChI is InChI=1S/C22H21N3O3S/c1-14-19(15(2)28-24-14)13-29-22-23-20-7-5-4-6-18(20)21(26)25(22)12-16-8-10-17(27-3)11-9-16/h4-11H,12-13H2,1-3H3. The molecule has 0 saturated heterocycles. The molecular formula is C22H21N3O3S. The van der Waals surface area contributed by atoms with Gasteiger partial charge in [-0.2, -0.15) is 0 Å². The highest BCUT2D eigenvalue weighted by atomic mass is 32.2. The maximum absolute atomic E-state index is 13.2. The van der Waals surface area contributed by atoms with E-state index < -0.39 is 0 Å². The first-order valence-electron chi connectivity index (χ1n) is 9.24. The number of thioether (sulfide) groups is 1. The number of methoxy groups -OCH3 is 1. The first-order chi connectivity index (χ1) is 14.1. The minimum absolute atomic E-state index is 0.0484. The van der Waals surface area contributed by atoms with E-state index in [1.54, 1.807) is 11.7 Å². The van der Waals surface area contributed by atoms with Crippen LogP contribution < -0.4 is 10.3 Å². The fraction of sp³-hybridized carbons (Fsp3) is 0.227. The van der Waals surface area contributed by atoms with Crippen LogP contribution in [0.1, 0.15) is 22.6 Å². The molecule has 0 N–H and O–H groups in total. The molecule has 4 aromatic rings. The maximum Gasteiger partial charge on any atom is 0.262 e. The van der Waals surface area contributed by atoms with Crippen LogP contribution in [0.5, 0.6) is 5.75 Å². The molecular weight excluding hydrogens is 386 g/mol. The van der Waals surface area contributed by atoms with E-state index in [0.29, 0.717) is 28.4 Å². The second-order valence-electron chi connectivity index (χ2n) is 6.74. The number of aromatic nitrogens is 3. The molecule has 0 unspecified atom stereocenters. The maximum atomic E-state index is 13.2. The van der Waals surface area contributed by atoms with Crippen molar-refractivity contribution in [2.75, 3.05) is 7.11 Å². The van der Waals surface area contributed by atoms with Crippen LogP contribution in [0.4, 0.5) is 0 Å². The smallest absolute Gasteiger partial charge is 0.262 e. The van der Waals surface area contributed by atoms with Crippen LogP contribution in [0, 0.1) is 13.8 Å². The molecule has 6 nitrogen and oxygen atoms in total. The molecule has 0 radical (unpaired) electrons. The predicted octanol–water partition coefficient (Wildman–Crippen LogP) is 4.35. The normalized spacial score (nSPS) is 11.1. The molecule has 0 fully saturated rings. The van der Waals surface area contributed by atoms with E-state index in [1.807, 2.05) is 62.4 Å². The van der Waals surface area contributed by atoms with Crippen molar-refractivity contribution in [2.24, 2.45) is 0 Å². The summed E-state index contributed by atoms with van der Waals surface area (Å²) < 4.78 is 12.2. The Labute approximate surface area is 172 Å². The van der Waals surface area contributed by atoms with E-state index >= 15 is 0 Å². The minimum atomic E-state index is -0.0484. The van der Waals surface area contributed by atoms with Crippen LogP contribution in [0.3, 0.4) is 0 Å². The van der Waals surface area contributed by atoms with E-state index in [1.165, 1.54) is 11.8 Å². The molecule has 7 heteroatoms. The van der Waals surface area contributed by atoms with Gasteiger partial charge in [-0.25, -0.2) is 4.98 Å². The Bertz CT molecular complexity index is 1190. The first-order valence-corrected chi connectivity index (χ1v) is 10.2. The van der Waals surface area contributed by atoms with Gasteiger partial charge in [0.15, 0.2) is 5.16 Å². The molecule has 0 aliphatic carbocycles. The van der Waals surface area contributed by atoms with Crippen LogP contribution in [-0.2, 0) is 12.3 Å². The van der Waals surface area contributed by atoms with Crippen LogP contribution in [-0.4, -0.2) is 21.8 Å². The average molecular weight is 407 g/mol. The zero-order valence-electron chi connectivity index (χ0n) is 16.5. The van der Waals surface area contributed by atoms with Gasteiger partial charge in [0.05, 0.1) is 30.3 Å². The third kappa shape index (κ3) is 3.91. The summed E-state index contributed by atoms with van der Waals surface area (Å²) in [6.45, 7) is 4.25. The molecule has 2 aromatic heterocycles. The Morgan fingerprint density at radius 3 is 2.55 bits per heavy atom. The second kappa shape index (κ2) is 8.13. The second-order valence-corrected chi connectivity index (χ2v) is 7.68. The monoisotopic (exact) mass is 407 g/mol. The summed E-state index contributed by atoms with van der Waals surface area (Å²) in [5.41, 5.74) is 3.55. The quantitative estimate of drug-likeness (QED) is 0.350. The van der Waals surface area contributed by atoms with Gasteiger partial charge in [-0.05, 0) is 43.7 Å². The molecule has 0 atom stereocenters. The van der Waals surface area contributed by atoms with Crippen LogP contribution in [0.15, 0.2) is 63.0 Å². The molecule has 0 bridgehead atoms. The summed E-state index contributed by atoms with van der Waals surface area (Å²) in [4.78, 5) is 18.0. The Morgan fingerprint density at radius 1 is 1.10 bits per heavy atom. The zero-order valence-corrected chi connectivity index (χ0v) is 17.3. The number of fused-ring (bicyclic) bond motifs is 1. The van der Waals surface area contributed by atoms with Gasteiger partial charge >= 0.3 is 0 Å². The van der Waals surface area contributed by atoms with Crippen LogP contribution in [0.25, 0.3) is 10.9 Å². The summed E-state index contributed by atoms with van der Waals surface area (Å²) in [7, 11) is 1.64. The van der Waals surface area contributed by atoms with Gasteiger partial charge in [-0.15, -0.1) is 0 Å². The minimum Gasteiger partial charge on any atom is -0.497 e. The number of para-hydroxylation sites is 1. The Kier molecular flexibility index (Phi) is 5.40. The van der Waals surface area contributed by atoms with Crippen molar-refractivity contribution in [3.8, 4) is 5.75 Å². The molecule has 0 aliphatic heterocycles. The molecule has 0 spiro atoms. The largest absolute Gasteiger partial charge is 0.497 e. The molecule has 4 rings (SSSR count). The van der Waals surface area contributed by atoms with E-state index in [4.69, 9.17) is 14.2 Å². The SMILES string of the molecule is COc1ccc(Cn2c(SCc3c(C)noc3C)nc3ccccc3c2=O)cc1. The highest BCUT2D eigenvalue weighted by Crippen LogP contribution is 2.26. The summed E-state index contributed by atoms with van der Waals surface area (Å²) in [6, 6.07) is 15.2. The molecule has 0 saturated carbocycles. The van der Waals surface area contributed by atoms with E-state index in [9.17, 15) is 4.79 Å². The van der Waals surface area contributed by atoms with Gasteiger partial charge in [-0.3, -0.25) is 9.36 Å². The van der Waals surface area contributed by atoms with Crippen molar-refractivity contribution >= 4 is 22.7 Å². The van der Waals surface area contributed by atoms with Gasteiger partial charge < -0.3 is 9.26 Å². The molecule has 29 heavy (non-hydrogen) atoms. The molecule has 2 heterocycles. The fourth-order valence-electron chi connectivity index (χ4n) is 3.16. The summed E-state index contributed by atoms with van der Waals surface area (Å²) in [5, 5.41) is 5.30. The number of nitrogens with zero attached hydrogens (tertiary/aromatic N) is 3. The lowest BCUT2D eigenvalue weighted by molar-refractivity contribution is 0.392. The number of hydrogen-bond donors (Lipinski definition) is 0. The Morgan fingerprint density at radius 2 is 1.86 bits per heavy atom. The number of ether oxygens (including phenoxy) is 1. The lowest BCUT2D eigenvalue weighted by Gasteiger charge is -2.13. The van der Waals surface area contributed by atoms with Crippen molar-refractivity contribution in [1.29, 1.82) is 0 Å². The van der Waals surface area contributed by atoms with E-state index in [0.717, 1.165) is 28.3 Å². The lowest BCUT2D eigenvalue weighted by Crippen LogP contribution is -2.24. The highest BCUT2D eigenvalue weighted by Gasteiger charge is 2.15. The number of aryl methyl sites for hydroxylation is 2. The Hall–Kier alpha value is -3.06. The number of hydrogen-bond acceptors (Lipinski definition) is 6. The molecule has 148 valence electrons. The molecule has 2 aromatic carbocycles. The van der Waals surface area contributed by atoms with Crippen LogP contribution in [0.2, 0.25) is 0 Å². The topological polar surface area (TPSA) is 70.2 Å². The fourth-order valence-corrected chi connectivity index (χ4v) is 4.31. The van der Waals surface area contributed by atoms with Gasteiger partial charge in [0, 0.05) is 11.3 Å². The third-order valence-corrected chi connectivity index (χ3v) is 5.86.